The summed E-state index contributed by atoms with van der Waals surface area (Å²) in [6.45, 7) is 4.16. The van der Waals surface area contributed by atoms with E-state index in [1.54, 1.807) is 32.2 Å². The van der Waals surface area contributed by atoms with Gasteiger partial charge in [0.05, 0.1) is 18.6 Å². The van der Waals surface area contributed by atoms with E-state index in [0.717, 1.165) is 11.3 Å². The van der Waals surface area contributed by atoms with Crippen molar-refractivity contribution in [2.75, 3.05) is 33.3 Å². The maximum absolute atomic E-state index is 13.0. The molecule has 31 heavy (non-hydrogen) atoms. The van der Waals surface area contributed by atoms with Gasteiger partial charge in [-0.15, -0.1) is 0 Å². The Balaban J connectivity index is 1.37. The number of methoxy groups -OCH3 is 1. The molecule has 164 valence electrons. The molecule has 0 radical (unpaired) electrons. The Morgan fingerprint density at radius 2 is 1.81 bits per heavy atom. The van der Waals surface area contributed by atoms with Gasteiger partial charge in [0.2, 0.25) is 21.7 Å². The normalized spacial score (nSPS) is 15.8. The molecule has 0 atom stereocenters. The Bertz CT molecular complexity index is 1160. The molecule has 0 N–H and O–H groups in total. The van der Waals surface area contributed by atoms with Gasteiger partial charge >= 0.3 is 0 Å². The van der Waals surface area contributed by atoms with Gasteiger partial charge in [-0.25, -0.2) is 8.42 Å². The lowest BCUT2D eigenvalue weighted by atomic mass is 10.2. The maximum atomic E-state index is 13.0. The first-order valence-electron chi connectivity index (χ1n) is 9.82. The van der Waals surface area contributed by atoms with Crippen molar-refractivity contribution < 1.29 is 17.7 Å². The molecule has 10 heteroatoms. The van der Waals surface area contributed by atoms with Gasteiger partial charge in [0.25, 0.3) is 0 Å². The summed E-state index contributed by atoms with van der Waals surface area (Å²) >= 11 is 5.96. The molecule has 1 saturated heterocycles. The summed E-state index contributed by atoms with van der Waals surface area (Å²) in [6.07, 6.45) is 0. The van der Waals surface area contributed by atoms with Crippen molar-refractivity contribution in [1.82, 2.24) is 19.3 Å². The standard InChI is InChI=1S/C21H23ClN4O4S/c1-15-13-17(22)5-8-19(15)31(27,28)26-11-9-25(10-12-26)14-20-23-21(24-30-20)16-3-6-18(29-2)7-4-16/h3-8,13H,9-12,14H2,1-2H3. The molecule has 0 bridgehead atoms. The number of halogens is 1. The number of sulfonamides is 1. The Morgan fingerprint density at radius 1 is 1.10 bits per heavy atom. The molecular formula is C21H23ClN4O4S. The molecule has 3 aromatic rings. The van der Waals surface area contributed by atoms with Crippen LogP contribution in [0.5, 0.6) is 5.75 Å². The minimum Gasteiger partial charge on any atom is -0.497 e. The number of hydrogen-bond donors (Lipinski definition) is 0. The summed E-state index contributed by atoms with van der Waals surface area (Å²) < 4.78 is 38.1. The molecule has 2 heterocycles. The largest absolute Gasteiger partial charge is 0.497 e. The maximum Gasteiger partial charge on any atom is 0.243 e. The summed E-state index contributed by atoms with van der Waals surface area (Å²) in [7, 11) is -1.94. The fraction of sp³-hybridized carbons (Fsp3) is 0.333. The third-order valence-corrected chi connectivity index (χ3v) is 7.56. The van der Waals surface area contributed by atoms with Gasteiger partial charge in [0.1, 0.15) is 5.75 Å². The quantitative estimate of drug-likeness (QED) is 0.555. The van der Waals surface area contributed by atoms with Crippen LogP contribution in [0.1, 0.15) is 11.5 Å². The van der Waals surface area contributed by atoms with Crippen LogP contribution in [-0.4, -0.2) is 61.1 Å². The van der Waals surface area contributed by atoms with Crippen LogP contribution in [0.25, 0.3) is 11.4 Å². The first-order valence-corrected chi connectivity index (χ1v) is 11.6. The summed E-state index contributed by atoms with van der Waals surface area (Å²) in [5.41, 5.74) is 1.48. The summed E-state index contributed by atoms with van der Waals surface area (Å²) in [6, 6.07) is 12.3. The predicted molar refractivity (Wildman–Crippen MR) is 117 cm³/mol. The molecule has 0 spiro atoms. The monoisotopic (exact) mass is 462 g/mol. The Hall–Kier alpha value is -2.46. The van der Waals surface area contributed by atoms with Crippen molar-refractivity contribution in [1.29, 1.82) is 0 Å². The Kier molecular flexibility index (Phi) is 6.29. The molecule has 8 nitrogen and oxygen atoms in total. The summed E-state index contributed by atoms with van der Waals surface area (Å²) in [5.74, 6) is 1.77. The second-order valence-corrected chi connectivity index (χ2v) is 9.67. The number of nitrogens with zero attached hydrogens (tertiary/aromatic N) is 4. The van der Waals surface area contributed by atoms with Crippen LogP contribution in [0.3, 0.4) is 0 Å². The van der Waals surface area contributed by atoms with E-state index < -0.39 is 10.0 Å². The number of hydrogen-bond acceptors (Lipinski definition) is 7. The van der Waals surface area contributed by atoms with Crippen molar-refractivity contribution in [3.63, 3.8) is 0 Å². The smallest absolute Gasteiger partial charge is 0.243 e. The second kappa shape index (κ2) is 8.96. The minimum absolute atomic E-state index is 0.298. The van der Waals surface area contributed by atoms with E-state index in [9.17, 15) is 8.42 Å². The highest BCUT2D eigenvalue weighted by Crippen LogP contribution is 2.24. The van der Waals surface area contributed by atoms with Crippen LogP contribution < -0.4 is 4.74 Å². The number of aryl methyl sites for hydroxylation is 1. The Morgan fingerprint density at radius 3 is 2.45 bits per heavy atom. The van der Waals surface area contributed by atoms with E-state index in [-0.39, 0.29) is 0 Å². The van der Waals surface area contributed by atoms with E-state index in [0.29, 0.717) is 59.9 Å². The number of piperazine rings is 1. The van der Waals surface area contributed by atoms with E-state index in [1.807, 2.05) is 24.3 Å². The zero-order valence-corrected chi connectivity index (χ0v) is 18.9. The first kappa shape index (κ1) is 21.8. The number of rotatable bonds is 6. The van der Waals surface area contributed by atoms with Crippen molar-refractivity contribution in [3.8, 4) is 17.1 Å². The SMILES string of the molecule is COc1ccc(-c2noc(CN3CCN(S(=O)(=O)c4ccc(Cl)cc4C)CC3)n2)cc1. The lowest BCUT2D eigenvalue weighted by Crippen LogP contribution is -2.48. The van der Waals surface area contributed by atoms with Crippen molar-refractivity contribution in [2.24, 2.45) is 0 Å². The number of benzene rings is 2. The van der Waals surface area contributed by atoms with Gasteiger partial charge in [-0.05, 0) is 55.0 Å². The molecule has 1 aliphatic rings. The highest BCUT2D eigenvalue weighted by atomic mass is 35.5. The highest BCUT2D eigenvalue weighted by molar-refractivity contribution is 7.89. The van der Waals surface area contributed by atoms with Crippen LogP contribution in [0.4, 0.5) is 0 Å². The third kappa shape index (κ3) is 4.74. The molecule has 1 aliphatic heterocycles. The van der Waals surface area contributed by atoms with Gasteiger partial charge in [0, 0.05) is 36.8 Å². The van der Waals surface area contributed by atoms with E-state index in [2.05, 4.69) is 15.0 Å². The first-order chi connectivity index (χ1) is 14.9. The predicted octanol–water partition coefficient (Wildman–Crippen LogP) is 3.21. The lowest BCUT2D eigenvalue weighted by molar-refractivity contribution is 0.163. The van der Waals surface area contributed by atoms with Gasteiger partial charge < -0.3 is 9.26 Å². The zero-order chi connectivity index (χ0) is 22.0. The van der Waals surface area contributed by atoms with Crippen molar-refractivity contribution >= 4 is 21.6 Å². The topological polar surface area (TPSA) is 88.8 Å². The zero-order valence-electron chi connectivity index (χ0n) is 17.3. The molecule has 0 unspecified atom stereocenters. The number of aromatic nitrogens is 2. The average Bonchev–Trinajstić information content (AvgIpc) is 3.22. The van der Waals surface area contributed by atoms with Crippen LogP contribution in [0.2, 0.25) is 5.02 Å². The van der Waals surface area contributed by atoms with Crippen LogP contribution in [0, 0.1) is 6.92 Å². The molecule has 0 amide bonds. The van der Waals surface area contributed by atoms with E-state index >= 15 is 0 Å². The summed E-state index contributed by atoms with van der Waals surface area (Å²) in [5, 5.41) is 4.57. The number of ether oxygens (including phenoxy) is 1. The van der Waals surface area contributed by atoms with Crippen LogP contribution >= 0.6 is 11.6 Å². The van der Waals surface area contributed by atoms with Gasteiger partial charge in [-0.1, -0.05) is 16.8 Å². The van der Waals surface area contributed by atoms with Crippen molar-refractivity contribution in [3.05, 3.63) is 58.9 Å². The molecule has 1 fully saturated rings. The van der Waals surface area contributed by atoms with Crippen molar-refractivity contribution in [2.45, 2.75) is 18.4 Å². The second-order valence-electron chi connectivity index (χ2n) is 7.33. The van der Waals surface area contributed by atoms with Crippen LogP contribution in [0.15, 0.2) is 51.9 Å². The molecule has 4 rings (SSSR count). The van der Waals surface area contributed by atoms with E-state index in [4.69, 9.17) is 20.9 Å². The van der Waals surface area contributed by atoms with Crippen LogP contribution in [-0.2, 0) is 16.6 Å². The van der Waals surface area contributed by atoms with Gasteiger partial charge in [-0.3, -0.25) is 4.90 Å². The fourth-order valence-corrected chi connectivity index (χ4v) is 5.39. The molecule has 0 saturated carbocycles. The summed E-state index contributed by atoms with van der Waals surface area (Å²) in [4.78, 5) is 6.86. The lowest BCUT2D eigenvalue weighted by Gasteiger charge is -2.33. The molecule has 2 aromatic carbocycles. The third-order valence-electron chi connectivity index (χ3n) is 5.26. The molecule has 1 aromatic heterocycles. The fourth-order valence-electron chi connectivity index (χ4n) is 3.54. The van der Waals surface area contributed by atoms with Gasteiger partial charge in [0.15, 0.2) is 0 Å². The Labute approximate surface area is 186 Å². The molecule has 0 aliphatic carbocycles. The molecular weight excluding hydrogens is 440 g/mol. The van der Waals surface area contributed by atoms with E-state index in [1.165, 1.54) is 4.31 Å². The average molecular weight is 463 g/mol. The highest BCUT2D eigenvalue weighted by Gasteiger charge is 2.30. The minimum atomic E-state index is -3.56. The van der Waals surface area contributed by atoms with Gasteiger partial charge in [-0.2, -0.15) is 9.29 Å².